The molecule has 0 aromatic carbocycles. The number of ether oxygens (including phenoxy) is 2. The second kappa shape index (κ2) is 4.33. The van der Waals surface area contributed by atoms with Gasteiger partial charge in [0.15, 0.2) is 5.79 Å². The predicted octanol–water partition coefficient (Wildman–Crippen LogP) is 0.415. The van der Waals surface area contributed by atoms with Gasteiger partial charge in [0, 0.05) is 19.4 Å². The van der Waals surface area contributed by atoms with Gasteiger partial charge in [0.2, 0.25) is 0 Å². The Bertz CT molecular complexity index is 184. The van der Waals surface area contributed by atoms with E-state index in [2.05, 4.69) is 0 Å². The Hall–Kier alpha value is 0.130. The lowest BCUT2D eigenvalue weighted by atomic mass is 9.81. The molecule has 0 radical (unpaired) electrons. The minimum atomic E-state index is -0.680. The number of aliphatic hydroxyl groups is 1. The van der Waals surface area contributed by atoms with Gasteiger partial charge in [-0.25, -0.2) is 0 Å². The maximum Gasteiger partial charge on any atom is 0.168 e. The molecule has 5 heteroatoms. The molecule has 4 nitrogen and oxygen atoms in total. The monoisotopic (exact) mass is 223 g/mol. The van der Waals surface area contributed by atoms with E-state index in [-0.39, 0.29) is 18.2 Å². The van der Waals surface area contributed by atoms with Crippen LogP contribution in [0, 0.1) is 0 Å². The average molecular weight is 224 g/mol. The molecule has 2 fully saturated rings. The first kappa shape index (κ1) is 12.2. The van der Waals surface area contributed by atoms with E-state index in [1.807, 2.05) is 0 Å². The molecule has 2 rings (SSSR count). The van der Waals surface area contributed by atoms with Crippen LogP contribution in [0.5, 0.6) is 0 Å². The molecule has 1 heterocycles. The minimum absolute atomic E-state index is 0. The Balaban J connectivity index is 0.000000980. The van der Waals surface area contributed by atoms with Crippen LogP contribution in [-0.4, -0.2) is 36.3 Å². The molecule has 14 heavy (non-hydrogen) atoms. The number of hydrogen-bond donors (Lipinski definition) is 2. The average Bonchev–Trinajstić information content (AvgIpc) is 2.61. The van der Waals surface area contributed by atoms with Crippen molar-refractivity contribution in [3.05, 3.63) is 0 Å². The summed E-state index contributed by atoms with van der Waals surface area (Å²) >= 11 is 0. The number of halogens is 1. The zero-order chi connectivity index (χ0) is 9.36. The Morgan fingerprint density at radius 1 is 1.07 bits per heavy atom. The van der Waals surface area contributed by atoms with E-state index in [4.69, 9.17) is 15.2 Å². The largest absolute Gasteiger partial charge is 0.389 e. The molecule has 0 amide bonds. The zero-order valence-electron chi connectivity index (χ0n) is 8.20. The van der Waals surface area contributed by atoms with Crippen molar-refractivity contribution in [3.63, 3.8) is 0 Å². The molecule has 1 saturated carbocycles. The van der Waals surface area contributed by atoms with Gasteiger partial charge < -0.3 is 20.3 Å². The lowest BCUT2D eigenvalue weighted by Gasteiger charge is -2.39. The van der Waals surface area contributed by atoms with Gasteiger partial charge in [-0.1, -0.05) is 0 Å². The van der Waals surface area contributed by atoms with Crippen LogP contribution in [0.15, 0.2) is 0 Å². The van der Waals surface area contributed by atoms with Gasteiger partial charge in [0.1, 0.15) is 0 Å². The predicted molar refractivity (Wildman–Crippen MR) is 54.4 cm³/mol. The number of nitrogens with two attached hydrogens (primary N) is 1. The van der Waals surface area contributed by atoms with Crippen molar-refractivity contribution in [1.29, 1.82) is 0 Å². The van der Waals surface area contributed by atoms with Gasteiger partial charge in [0.25, 0.3) is 0 Å². The van der Waals surface area contributed by atoms with E-state index >= 15 is 0 Å². The summed E-state index contributed by atoms with van der Waals surface area (Å²) in [5.74, 6) is -0.387. The Kier molecular flexibility index (Phi) is 3.77. The molecule has 0 atom stereocenters. The van der Waals surface area contributed by atoms with Crippen LogP contribution < -0.4 is 5.73 Å². The third-order valence-electron chi connectivity index (χ3n) is 3.14. The summed E-state index contributed by atoms with van der Waals surface area (Å²) < 4.78 is 11.1. The fraction of sp³-hybridized carbons (Fsp3) is 1.00. The van der Waals surface area contributed by atoms with Crippen LogP contribution >= 0.6 is 12.4 Å². The summed E-state index contributed by atoms with van der Waals surface area (Å²) in [6.07, 6.45) is 2.90. The third kappa shape index (κ3) is 2.20. The molecule has 2 aliphatic rings. The second-order valence-corrected chi connectivity index (χ2v) is 4.04. The second-order valence-electron chi connectivity index (χ2n) is 4.04. The first-order valence-electron chi connectivity index (χ1n) is 4.89. The van der Waals surface area contributed by atoms with E-state index in [1.165, 1.54) is 0 Å². The summed E-state index contributed by atoms with van der Waals surface area (Å²) in [6, 6.07) is 0. The summed E-state index contributed by atoms with van der Waals surface area (Å²) in [5.41, 5.74) is 4.81. The molecule has 1 spiro atoms. The van der Waals surface area contributed by atoms with Crippen molar-refractivity contribution >= 4 is 12.4 Å². The maximum atomic E-state index is 9.89. The summed E-state index contributed by atoms with van der Waals surface area (Å²) in [6.45, 7) is 1.70. The van der Waals surface area contributed by atoms with Crippen LogP contribution in [-0.2, 0) is 9.47 Å². The molecule has 0 aromatic heterocycles. The minimum Gasteiger partial charge on any atom is -0.389 e. The summed E-state index contributed by atoms with van der Waals surface area (Å²) in [4.78, 5) is 0. The highest BCUT2D eigenvalue weighted by molar-refractivity contribution is 5.85. The van der Waals surface area contributed by atoms with Gasteiger partial charge in [-0.05, 0) is 12.8 Å². The lowest BCUT2D eigenvalue weighted by Crippen LogP contribution is -2.47. The van der Waals surface area contributed by atoms with Gasteiger partial charge in [-0.3, -0.25) is 0 Å². The molecule has 1 saturated heterocycles. The molecule has 0 aromatic rings. The van der Waals surface area contributed by atoms with Crippen LogP contribution in [0.3, 0.4) is 0 Å². The van der Waals surface area contributed by atoms with E-state index in [0.717, 1.165) is 12.8 Å². The molecule has 1 aliphatic carbocycles. The first-order chi connectivity index (χ1) is 6.18. The van der Waals surface area contributed by atoms with Crippen LogP contribution in [0.25, 0.3) is 0 Å². The highest BCUT2D eigenvalue weighted by Crippen LogP contribution is 2.39. The zero-order valence-corrected chi connectivity index (χ0v) is 9.02. The maximum absolute atomic E-state index is 9.89. The van der Waals surface area contributed by atoms with Crippen molar-refractivity contribution in [1.82, 2.24) is 0 Å². The van der Waals surface area contributed by atoms with Crippen LogP contribution in [0.2, 0.25) is 0 Å². The van der Waals surface area contributed by atoms with Gasteiger partial charge >= 0.3 is 0 Å². The van der Waals surface area contributed by atoms with Crippen LogP contribution in [0.4, 0.5) is 0 Å². The van der Waals surface area contributed by atoms with Crippen molar-refractivity contribution < 1.29 is 14.6 Å². The SMILES string of the molecule is Cl.NCC1(O)CCC2(CC1)OCCO2. The molecule has 84 valence electrons. The summed E-state index contributed by atoms with van der Waals surface area (Å²) in [5, 5.41) is 9.89. The van der Waals surface area contributed by atoms with E-state index in [0.29, 0.717) is 32.6 Å². The quantitative estimate of drug-likeness (QED) is 0.676. The highest BCUT2D eigenvalue weighted by Gasteiger charge is 2.44. The molecular formula is C9H18ClNO3. The normalized spacial score (nSPS) is 28.7. The van der Waals surface area contributed by atoms with Crippen molar-refractivity contribution in [2.75, 3.05) is 19.8 Å². The lowest BCUT2D eigenvalue weighted by molar-refractivity contribution is -0.201. The molecular weight excluding hydrogens is 206 g/mol. The Morgan fingerprint density at radius 3 is 2.00 bits per heavy atom. The number of hydrogen-bond acceptors (Lipinski definition) is 4. The highest BCUT2D eigenvalue weighted by atomic mass is 35.5. The van der Waals surface area contributed by atoms with Gasteiger partial charge in [-0.2, -0.15) is 0 Å². The first-order valence-corrected chi connectivity index (χ1v) is 4.89. The van der Waals surface area contributed by atoms with E-state index in [1.54, 1.807) is 0 Å². The van der Waals surface area contributed by atoms with Crippen molar-refractivity contribution in [2.24, 2.45) is 5.73 Å². The smallest absolute Gasteiger partial charge is 0.168 e. The Morgan fingerprint density at radius 2 is 1.57 bits per heavy atom. The van der Waals surface area contributed by atoms with Crippen molar-refractivity contribution in [3.8, 4) is 0 Å². The fourth-order valence-electron chi connectivity index (χ4n) is 2.09. The third-order valence-corrected chi connectivity index (χ3v) is 3.14. The molecule has 1 aliphatic heterocycles. The van der Waals surface area contributed by atoms with Gasteiger partial charge in [-0.15, -0.1) is 12.4 Å². The Labute approximate surface area is 90.2 Å². The topological polar surface area (TPSA) is 64.7 Å². The standard InChI is InChI=1S/C9H17NO3.ClH/c10-7-8(11)1-3-9(4-2-8)12-5-6-13-9;/h11H,1-7,10H2;1H. The van der Waals surface area contributed by atoms with Gasteiger partial charge in [0.05, 0.1) is 18.8 Å². The van der Waals surface area contributed by atoms with E-state index in [9.17, 15) is 5.11 Å². The molecule has 0 unspecified atom stereocenters. The van der Waals surface area contributed by atoms with E-state index < -0.39 is 5.60 Å². The summed E-state index contributed by atoms with van der Waals surface area (Å²) in [7, 11) is 0. The number of rotatable bonds is 1. The van der Waals surface area contributed by atoms with Crippen molar-refractivity contribution in [2.45, 2.75) is 37.1 Å². The molecule has 3 N–H and O–H groups in total. The fourth-order valence-corrected chi connectivity index (χ4v) is 2.09. The molecule has 0 bridgehead atoms. The van der Waals surface area contributed by atoms with Crippen LogP contribution in [0.1, 0.15) is 25.7 Å².